The third-order valence-corrected chi connectivity index (χ3v) is 8.12. The molecular weight excluding hydrogens is 501 g/mol. The summed E-state index contributed by atoms with van der Waals surface area (Å²) >= 11 is 12.3. The molecule has 0 amide bonds. The second-order valence-corrected chi connectivity index (χ2v) is 11.1. The van der Waals surface area contributed by atoms with Crippen molar-refractivity contribution in [2.24, 2.45) is 0 Å². The summed E-state index contributed by atoms with van der Waals surface area (Å²) in [5.41, 5.74) is 2.03. The summed E-state index contributed by atoms with van der Waals surface area (Å²) in [6.07, 6.45) is 12.2. The summed E-state index contributed by atoms with van der Waals surface area (Å²) in [6.45, 7) is 13.5. The van der Waals surface area contributed by atoms with Crippen molar-refractivity contribution in [3.63, 3.8) is 0 Å². The fourth-order valence-corrected chi connectivity index (χ4v) is 4.73. The van der Waals surface area contributed by atoms with Gasteiger partial charge in [-0.2, -0.15) is 0 Å². The lowest BCUT2D eigenvalue weighted by atomic mass is 10.1. The summed E-state index contributed by atoms with van der Waals surface area (Å²) in [4.78, 5) is -0.178. The number of nitrogens with zero attached hydrogens (tertiary/aromatic N) is 1. The molecule has 7 heteroatoms. The first-order valence-electron chi connectivity index (χ1n) is 12.5. The molecule has 4 nitrogen and oxygen atoms in total. The van der Waals surface area contributed by atoms with Gasteiger partial charge >= 0.3 is 0 Å². The van der Waals surface area contributed by atoms with Gasteiger partial charge < -0.3 is 9.04 Å². The van der Waals surface area contributed by atoms with Crippen LogP contribution in [0.15, 0.2) is 59.5 Å². The van der Waals surface area contributed by atoms with Crippen LogP contribution in [0, 0.1) is 6.92 Å². The Labute approximate surface area is 223 Å². The summed E-state index contributed by atoms with van der Waals surface area (Å²) in [5.74, 6) is 0. The Balaban J connectivity index is 0.000000462. The molecule has 35 heavy (non-hydrogen) atoms. The normalized spacial score (nSPS) is 12.0. The Morgan fingerprint density at radius 2 is 1.51 bits per heavy atom. The van der Waals surface area contributed by atoms with Gasteiger partial charge in [0.05, 0.1) is 41.1 Å². The lowest BCUT2D eigenvalue weighted by Crippen LogP contribution is -2.48. The van der Waals surface area contributed by atoms with Gasteiger partial charge in [-0.25, -0.2) is 8.42 Å². The van der Waals surface area contributed by atoms with Crippen molar-refractivity contribution in [3.05, 3.63) is 75.8 Å². The first-order valence-corrected chi connectivity index (χ1v) is 14.7. The highest BCUT2D eigenvalue weighted by molar-refractivity contribution is 7.85. The Bertz CT molecular complexity index is 1000. The molecule has 2 aromatic rings. The van der Waals surface area contributed by atoms with Gasteiger partial charge in [-0.15, -0.1) is 0 Å². The van der Waals surface area contributed by atoms with Crippen molar-refractivity contribution in [1.29, 1.82) is 0 Å². The molecule has 196 valence electrons. The summed E-state index contributed by atoms with van der Waals surface area (Å²) in [7, 11) is -4.27. The average Bonchev–Trinajstić information content (AvgIpc) is 2.83. The molecule has 0 radical (unpaired) electrons. The number of benzene rings is 2. The van der Waals surface area contributed by atoms with E-state index < -0.39 is 10.1 Å². The highest BCUT2D eigenvalue weighted by Gasteiger charge is 2.20. The van der Waals surface area contributed by atoms with Gasteiger partial charge in [0.2, 0.25) is 0 Å². The number of rotatable bonds is 13. The van der Waals surface area contributed by atoms with Crippen molar-refractivity contribution in [1.82, 2.24) is 0 Å². The molecular formula is C28H41Cl2NO3S. The van der Waals surface area contributed by atoms with Gasteiger partial charge in [0.25, 0.3) is 0 Å². The number of hydrogen-bond acceptors (Lipinski definition) is 3. The third-order valence-electron chi connectivity index (χ3n) is 6.42. The highest BCUT2D eigenvalue weighted by Crippen LogP contribution is 2.26. The van der Waals surface area contributed by atoms with Gasteiger partial charge in [0.1, 0.15) is 10.1 Å². The van der Waals surface area contributed by atoms with Crippen molar-refractivity contribution in [2.45, 2.75) is 71.1 Å². The van der Waals surface area contributed by atoms with Crippen molar-refractivity contribution in [3.8, 4) is 0 Å². The van der Waals surface area contributed by atoms with Gasteiger partial charge in [0.15, 0.2) is 0 Å². The lowest BCUT2D eigenvalue weighted by molar-refractivity contribution is -0.919. The fourth-order valence-electron chi connectivity index (χ4n) is 3.86. The van der Waals surface area contributed by atoms with Gasteiger partial charge in [-0.05, 0) is 69.9 Å². The molecule has 0 fully saturated rings. The van der Waals surface area contributed by atoms with Gasteiger partial charge in [0, 0.05) is 0 Å². The van der Waals surface area contributed by atoms with Crippen LogP contribution >= 0.6 is 23.2 Å². The predicted molar refractivity (Wildman–Crippen MR) is 148 cm³/mol. The third kappa shape index (κ3) is 11.9. The number of likely N-dealkylation sites (N-methyl/N-ethyl adjacent to an activating group) is 1. The molecule has 0 saturated heterocycles. The molecule has 0 unspecified atom stereocenters. The largest absolute Gasteiger partial charge is 0.744 e. The molecule has 2 rings (SSSR count). The van der Waals surface area contributed by atoms with E-state index in [4.69, 9.17) is 23.2 Å². The minimum atomic E-state index is -4.27. The maximum atomic E-state index is 10.4. The Morgan fingerprint density at radius 3 is 2.09 bits per heavy atom. The number of allylic oxidation sites excluding steroid dienone is 1. The van der Waals surface area contributed by atoms with E-state index in [0.29, 0.717) is 10.0 Å². The van der Waals surface area contributed by atoms with E-state index in [2.05, 4.69) is 32.9 Å². The van der Waals surface area contributed by atoms with Crippen LogP contribution in [-0.2, 0) is 16.5 Å². The van der Waals surface area contributed by atoms with Crippen LogP contribution in [0.1, 0.15) is 64.0 Å². The van der Waals surface area contributed by atoms with Gasteiger partial charge in [-0.3, -0.25) is 0 Å². The second-order valence-electron chi connectivity index (χ2n) is 8.95. The highest BCUT2D eigenvalue weighted by atomic mass is 35.5. The summed E-state index contributed by atoms with van der Waals surface area (Å²) in [6, 6.07) is 11.6. The molecule has 0 saturated carbocycles. The molecule has 0 heterocycles. The Morgan fingerprint density at radius 1 is 0.886 bits per heavy atom. The molecule has 2 aromatic carbocycles. The topological polar surface area (TPSA) is 57.2 Å². The molecule has 0 aliphatic heterocycles. The standard InChI is InChI=1S/C21H34Cl2N.C7H8O3S/c1-4-7-8-9-11-17-24(5-2,6-3)18-12-10-14-19-15-13-16-20(22)21(19)23;1-6-2-4-7(5-3-6)11(8,9)10/h10,12-13,15-16H,4-9,11,14,17-18H2,1-3H3;2-5H,1H3,(H,8,9,10)/q+1;/p-1/b12-10-;. The average molecular weight is 543 g/mol. The maximum Gasteiger partial charge on any atom is 0.124 e. The van der Waals surface area contributed by atoms with E-state index in [1.807, 2.05) is 25.1 Å². The van der Waals surface area contributed by atoms with E-state index in [0.717, 1.165) is 24.1 Å². The Kier molecular flexibility index (Phi) is 14.8. The number of quaternary nitrogens is 1. The molecule has 0 bridgehead atoms. The van der Waals surface area contributed by atoms with Crippen LogP contribution in [0.25, 0.3) is 0 Å². The van der Waals surface area contributed by atoms with Crippen molar-refractivity contribution in [2.75, 3.05) is 26.2 Å². The first kappa shape index (κ1) is 31.7. The molecule has 0 aromatic heterocycles. The van der Waals surface area contributed by atoms with Crippen LogP contribution in [0.5, 0.6) is 0 Å². The predicted octanol–water partition coefficient (Wildman–Crippen LogP) is 7.82. The van der Waals surface area contributed by atoms with Crippen molar-refractivity contribution < 1.29 is 17.5 Å². The quantitative estimate of drug-likeness (QED) is 0.112. The zero-order valence-electron chi connectivity index (χ0n) is 21.6. The number of unbranched alkanes of at least 4 members (excludes halogenated alkanes) is 4. The Hall–Kier alpha value is -1.37. The zero-order chi connectivity index (χ0) is 26.3. The molecule has 0 N–H and O–H groups in total. The van der Waals surface area contributed by atoms with Crippen LogP contribution in [-0.4, -0.2) is 43.6 Å². The van der Waals surface area contributed by atoms with Crippen LogP contribution in [0.4, 0.5) is 0 Å². The van der Waals surface area contributed by atoms with Crippen LogP contribution < -0.4 is 0 Å². The van der Waals surface area contributed by atoms with Crippen molar-refractivity contribution >= 4 is 33.3 Å². The van der Waals surface area contributed by atoms with Gasteiger partial charge in [-0.1, -0.05) is 85.3 Å². The number of aryl methyl sites for hydroxylation is 1. The van der Waals surface area contributed by atoms with E-state index in [1.54, 1.807) is 12.1 Å². The summed E-state index contributed by atoms with van der Waals surface area (Å²) in [5, 5.41) is 1.33. The SMILES string of the molecule is CCCCCCC[N+](CC)(CC)C/C=C\Cc1cccc(Cl)c1Cl.Cc1ccc(S(=O)(=O)[O-])cc1. The van der Waals surface area contributed by atoms with E-state index in [-0.39, 0.29) is 4.90 Å². The molecule has 0 spiro atoms. The monoisotopic (exact) mass is 541 g/mol. The second kappa shape index (κ2) is 16.4. The fraction of sp³-hybridized carbons (Fsp3) is 0.500. The number of hydrogen-bond donors (Lipinski definition) is 0. The zero-order valence-corrected chi connectivity index (χ0v) is 23.9. The van der Waals surface area contributed by atoms with E-state index >= 15 is 0 Å². The van der Waals surface area contributed by atoms with E-state index in [1.165, 1.54) is 68.4 Å². The molecule has 0 atom stereocenters. The first-order chi connectivity index (χ1) is 16.6. The smallest absolute Gasteiger partial charge is 0.124 e. The van der Waals surface area contributed by atoms with Crippen LogP contribution in [0.3, 0.4) is 0 Å². The summed E-state index contributed by atoms with van der Waals surface area (Å²) < 4.78 is 32.4. The minimum absolute atomic E-state index is 0.178. The van der Waals surface area contributed by atoms with E-state index in [9.17, 15) is 13.0 Å². The lowest BCUT2D eigenvalue weighted by Gasteiger charge is -2.36. The van der Waals surface area contributed by atoms with Crippen LogP contribution in [0.2, 0.25) is 10.0 Å². The number of halogens is 2. The molecule has 0 aliphatic carbocycles. The molecule has 0 aliphatic rings. The minimum Gasteiger partial charge on any atom is -0.744 e. The maximum absolute atomic E-state index is 10.4.